The zero-order valence-corrected chi connectivity index (χ0v) is 42.6. The maximum atomic E-state index is 14.3. The van der Waals surface area contributed by atoms with Gasteiger partial charge in [-0.2, -0.15) is 12.6 Å². The summed E-state index contributed by atoms with van der Waals surface area (Å²) in [5.41, 5.74) is 5.08. The molecule has 75 heavy (non-hydrogen) atoms. The molecule has 7 atom stereocenters. The summed E-state index contributed by atoms with van der Waals surface area (Å²) in [5.74, 6) is -12.7. The molecule has 0 aliphatic heterocycles. The highest BCUT2D eigenvalue weighted by Crippen LogP contribution is 2.27. The predicted octanol–water partition coefficient (Wildman–Crippen LogP) is -1.10. The van der Waals surface area contributed by atoms with Crippen LogP contribution in [0, 0.1) is 5.41 Å². The third-order valence-corrected chi connectivity index (χ3v) is 11.8. The first kappa shape index (κ1) is 63.3. The van der Waals surface area contributed by atoms with Crippen LogP contribution in [0.1, 0.15) is 83.8 Å². The van der Waals surface area contributed by atoms with E-state index in [2.05, 4.69) is 49.8 Å². The van der Waals surface area contributed by atoms with Crippen molar-refractivity contribution in [2.24, 2.45) is 11.1 Å². The Morgan fingerprint density at radius 2 is 0.987 bits per heavy atom. The van der Waals surface area contributed by atoms with Crippen molar-refractivity contribution in [3.05, 3.63) is 71.8 Å². The number of nitrogens with one attached hydrogen (secondary N) is 8. The van der Waals surface area contributed by atoms with Crippen LogP contribution >= 0.6 is 12.6 Å². The van der Waals surface area contributed by atoms with Crippen molar-refractivity contribution in [2.45, 2.75) is 133 Å². The molecule has 2 aromatic carbocycles. The second-order valence-electron chi connectivity index (χ2n) is 18.7. The SMILES string of the molecule is CC(C)(CCC(C)(C)C(=O)N[C@@H](Cc1ccccc1)C(=O)N[C@@H](Cc1ccccc1)C(=O)NC[C@H](N)C(=O)NC(CC(=O)O)C(=O)NC(CS)C(=O)O)NC(=O)CC[C@H](NC(=O)N[C@@H](CCC(=O)O)C(=O)O)C(=O)O. The largest absolute Gasteiger partial charge is 0.481 e. The van der Waals surface area contributed by atoms with Crippen LogP contribution in [0.5, 0.6) is 0 Å². The molecule has 2 aromatic rings. The molecule has 412 valence electrons. The number of carbonyl (C=O) groups excluding carboxylic acids is 7. The number of benzene rings is 2. The molecule has 0 aliphatic carbocycles. The van der Waals surface area contributed by atoms with Gasteiger partial charge in [0.15, 0.2) is 0 Å². The molecule has 15 N–H and O–H groups in total. The Bertz CT molecular complexity index is 2360. The van der Waals surface area contributed by atoms with Gasteiger partial charge in [-0.1, -0.05) is 74.5 Å². The molecule has 0 spiro atoms. The van der Waals surface area contributed by atoms with Crippen molar-refractivity contribution in [3.63, 3.8) is 0 Å². The summed E-state index contributed by atoms with van der Waals surface area (Å²) >= 11 is 3.85. The van der Waals surface area contributed by atoms with E-state index in [0.717, 1.165) is 0 Å². The van der Waals surface area contributed by atoms with E-state index < -0.39 is 163 Å². The van der Waals surface area contributed by atoms with E-state index in [-0.39, 0.29) is 31.4 Å². The Kier molecular flexibility index (Phi) is 25.7. The molecule has 2 rings (SSSR count). The molecular formula is C48H67N9O17S. The molecule has 0 heterocycles. The zero-order chi connectivity index (χ0) is 56.6. The molecule has 0 saturated heterocycles. The van der Waals surface area contributed by atoms with Crippen LogP contribution in [-0.2, 0) is 65.6 Å². The molecule has 0 bridgehead atoms. The maximum Gasteiger partial charge on any atom is 0.327 e. The van der Waals surface area contributed by atoms with Crippen molar-refractivity contribution in [2.75, 3.05) is 12.3 Å². The number of carboxylic acid groups (broad SMARTS) is 5. The lowest BCUT2D eigenvalue weighted by Gasteiger charge is -2.32. The third-order valence-electron chi connectivity index (χ3n) is 11.4. The highest BCUT2D eigenvalue weighted by molar-refractivity contribution is 7.80. The Morgan fingerprint density at radius 1 is 0.533 bits per heavy atom. The van der Waals surface area contributed by atoms with Gasteiger partial charge in [-0.25, -0.2) is 19.2 Å². The smallest absolute Gasteiger partial charge is 0.327 e. The van der Waals surface area contributed by atoms with Gasteiger partial charge in [-0.3, -0.25) is 38.4 Å². The lowest BCUT2D eigenvalue weighted by Crippen LogP contribution is -2.59. The maximum absolute atomic E-state index is 14.3. The van der Waals surface area contributed by atoms with Crippen molar-refractivity contribution < 1.29 is 83.1 Å². The monoisotopic (exact) mass is 1070 g/mol. The third kappa shape index (κ3) is 23.7. The number of carboxylic acids is 5. The van der Waals surface area contributed by atoms with Crippen LogP contribution < -0.4 is 48.3 Å². The van der Waals surface area contributed by atoms with Crippen LogP contribution in [-0.4, -0.2) is 157 Å². The number of thiol groups is 1. The van der Waals surface area contributed by atoms with Crippen LogP contribution in [0.3, 0.4) is 0 Å². The minimum absolute atomic E-state index is 0.0359. The standard InChI is InChI=1S/C48H67N9O17S/c1-47(2,19-20-48(3,4)57-35(58)17-15-29(42(67)68)55-46(74)56-30(43(69)70)16-18-36(59)60)45(73)54-32(22-27-13-9-6-10-14-27)40(65)52-31(21-26-11-7-5-8-12-26)39(64)50-24-28(49)38(63)51-33(23-37(61)62)41(66)53-34(25-75)44(71)72/h5-14,28-34,75H,15-25,49H2,1-4H3,(H,50,64)(H,51,63)(H,52,65)(H,53,66)(H,54,73)(H,57,58)(H,59,60)(H,61,62)(H,67,68)(H,69,70)(H,71,72)(H2,55,56,74)/t28-,29-,30-,31-,32-,33?,34?/m0/s1. The van der Waals surface area contributed by atoms with Gasteiger partial charge in [-0.05, 0) is 50.7 Å². The molecule has 2 unspecified atom stereocenters. The Labute approximate surface area is 436 Å². The van der Waals surface area contributed by atoms with E-state index in [0.29, 0.717) is 11.1 Å². The molecule has 27 heteroatoms. The normalized spacial score (nSPS) is 14.1. The van der Waals surface area contributed by atoms with E-state index in [1.165, 1.54) is 0 Å². The molecule has 0 saturated carbocycles. The minimum Gasteiger partial charge on any atom is -0.481 e. The van der Waals surface area contributed by atoms with Crippen LogP contribution in [0.2, 0.25) is 0 Å². The van der Waals surface area contributed by atoms with Crippen molar-refractivity contribution in [3.8, 4) is 0 Å². The fraction of sp³-hybridized carbons (Fsp3) is 0.500. The van der Waals surface area contributed by atoms with Crippen molar-refractivity contribution >= 4 is 83.9 Å². The summed E-state index contributed by atoms with van der Waals surface area (Å²) in [6, 6.07) is 5.25. The summed E-state index contributed by atoms with van der Waals surface area (Å²) < 4.78 is 0. The zero-order valence-electron chi connectivity index (χ0n) is 41.8. The molecule has 8 amide bonds. The molecule has 0 aliphatic rings. The molecular weight excluding hydrogens is 1010 g/mol. The predicted molar refractivity (Wildman–Crippen MR) is 269 cm³/mol. The Hall–Kier alpha value is -7.81. The summed E-state index contributed by atoms with van der Waals surface area (Å²) in [7, 11) is 0. The van der Waals surface area contributed by atoms with Gasteiger partial charge in [-0.15, -0.1) is 0 Å². The van der Waals surface area contributed by atoms with Gasteiger partial charge < -0.3 is 73.8 Å². The Balaban J connectivity index is 2.20. The number of hydrogen-bond donors (Lipinski definition) is 15. The second-order valence-corrected chi connectivity index (χ2v) is 19.1. The quantitative estimate of drug-likeness (QED) is 0.0377. The first-order valence-electron chi connectivity index (χ1n) is 23.5. The number of urea groups is 1. The number of aliphatic carboxylic acids is 5. The number of amides is 8. The molecule has 26 nitrogen and oxygen atoms in total. The van der Waals surface area contributed by atoms with Gasteiger partial charge in [0.2, 0.25) is 35.4 Å². The number of nitrogens with two attached hydrogens (primary N) is 1. The van der Waals surface area contributed by atoms with Gasteiger partial charge in [0.05, 0.1) is 6.42 Å². The van der Waals surface area contributed by atoms with E-state index in [4.69, 9.17) is 10.8 Å². The highest BCUT2D eigenvalue weighted by atomic mass is 32.1. The van der Waals surface area contributed by atoms with Crippen LogP contribution in [0.4, 0.5) is 4.79 Å². The lowest BCUT2D eigenvalue weighted by atomic mass is 9.81. The molecule has 0 fully saturated rings. The first-order valence-corrected chi connectivity index (χ1v) is 24.1. The van der Waals surface area contributed by atoms with Crippen LogP contribution in [0.25, 0.3) is 0 Å². The van der Waals surface area contributed by atoms with E-state index in [1.807, 2.05) is 5.32 Å². The molecule has 0 radical (unpaired) electrons. The van der Waals surface area contributed by atoms with E-state index >= 15 is 0 Å². The average molecular weight is 1070 g/mol. The van der Waals surface area contributed by atoms with Crippen molar-refractivity contribution in [1.82, 2.24) is 42.5 Å². The number of hydrogen-bond acceptors (Lipinski definition) is 14. The van der Waals surface area contributed by atoms with Crippen LogP contribution in [0.15, 0.2) is 60.7 Å². The summed E-state index contributed by atoms with van der Waals surface area (Å²) in [5, 5.41) is 65.5. The van der Waals surface area contributed by atoms with Crippen molar-refractivity contribution in [1.29, 1.82) is 0 Å². The topological polar surface area (TPSA) is 428 Å². The molecule has 0 aromatic heterocycles. The number of carbonyl (C=O) groups is 12. The highest BCUT2D eigenvalue weighted by Gasteiger charge is 2.36. The van der Waals surface area contributed by atoms with Gasteiger partial charge >= 0.3 is 35.9 Å². The van der Waals surface area contributed by atoms with Gasteiger partial charge in [0.1, 0.15) is 42.3 Å². The fourth-order valence-electron chi connectivity index (χ4n) is 6.95. The van der Waals surface area contributed by atoms with E-state index in [1.54, 1.807) is 88.4 Å². The van der Waals surface area contributed by atoms with Gasteiger partial charge in [0, 0.05) is 48.9 Å². The number of rotatable bonds is 33. The van der Waals surface area contributed by atoms with E-state index in [9.17, 15) is 78.0 Å². The fourth-order valence-corrected chi connectivity index (χ4v) is 7.20. The summed E-state index contributed by atoms with van der Waals surface area (Å²) in [6.45, 7) is 5.95. The first-order chi connectivity index (χ1) is 35.0. The Morgan fingerprint density at radius 3 is 1.45 bits per heavy atom. The summed E-state index contributed by atoms with van der Waals surface area (Å²) in [6.07, 6.45) is -2.62. The second kappa shape index (κ2) is 30.4. The summed E-state index contributed by atoms with van der Waals surface area (Å²) in [4.78, 5) is 151. The lowest BCUT2D eigenvalue weighted by molar-refractivity contribution is -0.143. The van der Waals surface area contributed by atoms with Gasteiger partial charge in [0.25, 0.3) is 0 Å². The average Bonchev–Trinajstić information content (AvgIpc) is 3.33. The minimum atomic E-state index is -1.76.